The van der Waals surface area contributed by atoms with Gasteiger partial charge < -0.3 is 15.3 Å². The van der Waals surface area contributed by atoms with Crippen molar-refractivity contribution in [1.29, 1.82) is 0 Å². The van der Waals surface area contributed by atoms with Crippen LogP contribution in [-0.4, -0.2) is 48.8 Å². The average molecular weight is 214 g/mol. The van der Waals surface area contributed by atoms with E-state index in [0.717, 1.165) is 19.0 Å². The van der Waals surface area contributed by atoms with Crippen LogP contribution in [0.4, 0.5) is 0 Å². The summed E-state index contributed by atoms with van der Waals surface area (Å²) in [5.41, 5.74) is -0.153. The van der Waals surface area contributed by atoms with Crippen molar-refractivity contribution in [1.82, 2.24) is 10.2 Å². The maximum Gasteiger partial charge on any atom is 0.0623 e. The Morgan fingerprint density at radius 3 is 2.47 bits per heavy atom. The van der Waals surface area contributed by atoms with Gasteiger partial charge in [0.05, 0.1) is 12.1 Å². The molecule has 1 saturated carbocycles. The number of nitrogens with zero attached hydrogens (tertiary/aromatic N) is 1. The van der Waals surface area contributed by atoms with E-state index in [1.807, 2.05) is 7.05 Å². The first-order chi connectivity index (χ1) is 7.13. The molecule has 0 radical (unpaired) electrons. The van der Waals surface area contributed by atoms with Gasteiger partial charge in [-0.1, -0.05) is 13.3 Å². The van der Waals surface area contributed by atoms with Gasteiger partial charge in [-0.2, -0.15) is 0 Å². The molecule has 90 valence electrons. The van der Waals surface area contributed by atoms with Gasteiger partial charge in [-0.3, -0.25) is 0 Å². The van der Waals surface area contributed by atoms with Crippen LogP contribution in [0.2, 0.25) is 0 Å². The van der Waals surface area contributed by atoms with E-state index in [1.54, 1.807) is 0 Å². The second kappa shape index (κ2) is 5.83. The summed E-state index contributed by atoms with van der Waals surface area (Å²) in [4.78, 5) is 2.45. The van der Waals surface area contributed by atoms with Crippen LogP contribution >= 0.6 is 0 Å². The molecule has 0 aromatic rings. The Balaban J connectivity index is 2.36. The molecular formula is C12H26N2O. The van der Waals surface area contributed by atoms with E-state index >= 15 is 0 Å². The molecule has 0 amide bonds. The standard InChI is InChI=1S/C12H26N2O/c1-4-14(8-11-6-5-7-11)9-12(2,10-15)13-3/h11,13,15H,4-10H2,1-3H3. The Hall–Kier alpha value is -0.120. The molecule has 0 bridgehead atoms. The number of rotatable bonds is 7. The molecule has 3 heteroatoms. The lowest BCUT2D eigenvalue weighted by Gasteiger charge is -2.37. The van der Waals surface area contributed by atoms with Crippen molar-refractivity contribution in [2.45, 2.75) is 38.6 Å². The van der Waals surface area contributed by atoms with Crippen LogP contribution in [0.3, 0.4) is 0 Å². The molecule has 1 unspecified atom stereocenters. The normalized spacial score (nSPS) is 21.4. The van der Waals surface area contributed by atoms with Gasteiger partial charge in [-0.25, -0.2) is 0 Å². The molecule has 0 saturated heterocycles. The topological polar surface area (TPSA) is 35.5 Å². The third-order valence-electron chi connectivity index (χ3n) is 3.71. The second-order valence-corrected chi connectivity index (χ2v) is 5.09. The van der Waals surface area contributed by atoms with Crippen LogP contribution in [0.25, 0.3) is 0 Å². The van der Waals surface area contributed by atoms with Gasteiger partial charge >= 0.3 is 0 Å². The van der Waals surface area contributed by atoms with Gasteiger partial charge in [-0.05, 0) is 39.3 Å². The fourth-order valence-corrected chi connectivity index (χ4v) is 2.05. The largest absolute Gasteiger partial charge is 0.394 e. The van der Waals surface area contributed by atoms with Gasteiger partial charge in [-0.15, -0.1) is 0 Å². The van der Waals surface area contributed by atoms with Crippen LogP contribution in [-0.2, 0) is 0 Å². The molecule has 0 aromatic carbocycles. The Morgan fingerprint density at radius 2 is 2.13 bits per heavy atom. The lowest BCUT2D eigenvalue weighted by Crippen LogP contribution is -2.53. The Morgan fingerprint density at radius 1 is 1.47 bits per heavy atom. The summed E-state index contributed by atoms with van der Waals surface area (Å²) in [6.07, 6.45) is 4.20. The summed E-state index contributed by atoms with van der Waals surface area (Å²) in [5, 5.41) is 12.6. The van der Waals surface area contributed by atoms with Gasteiger partial charge in [0, 0.05) is 13.1 Å². The van der Waals surface area contributed by atoms with Gasteiger partial charge in [0.1, 0.15) is 0 Å². The fraction of sp³-hybridized carbons (Fsp3) is 1.00. The first-order valence-electron chi connectivity index (χ1n) is 6.15. The first-order valence-corrected chi connectivity index (χ1v) is 6.15. The summed E-state index contributed by atoms with van der Waals surface area (Å²) in [5.74, 6) is 0.907. The number of nitrogens with one attached hydrogen (secondary N) is 1. The molecule has 1 rings (SSSR count). The predicted molar refractivity (Wildman–Crippen MR) is 64.0 cm³/mol. The number of aliphatic hydroxyl groups excluding tert-OH is 1. The summed E-state index contributed by atoms with van der Waals surface area (Å²) in [7, 11) is 1.92. The van der Waals surface area contributed by atoms with Crippen molar-refractivity contribution >= 4 is 0 Å². The average Bonchev–Trinajstić information content (AvgIpc) is 2.21. The van der Waals surface area contributed by atoms with E-state index in [1.165, 1.54) is 25.8 Å². The molecule has 0 aliphatic heterocycles. The van der Waals surface area contributed by atoms with E-state index in [4.69, 9.17) is 0 Å². The lowest BCUT2D eigenvalue weighted by atomic mass is 9.85. The third-order valence-corrected chi connectivity index (χ3v) is 3.71. The highest BCUT2D eigenvalue weighted by Crippen LogP contribution is 2.27. The zero-order valence-corrected chi connectivity index (χ0v) is 10.4. The monoisotopic (exact) mass is 214 g/mol. The molecule has 0 aromatic heterocycles. The Labute approximate surface area is 93.9 Å². The predicted octanol–water partition coefficient (Wildman–Crippen LogP) is 1.08. The van der Waals surface area contributed by atoms with E-state index < -0.39 is 0 Å². The number of likely N-dealkylation sites (N-methyl/N-ethyl adjacent to an activating group) is 2. The molecular weight excluding hydrogens is 188 g/mol. The highest BCUT2D eigenvalue weighted by molar-refractivity contribution is 4.85. The molecule has 15 heavy (non-hydrogen) atoms. The van der Waals surface area contributed by atoms with E-state index in [9.17, 15) is 5.11 Å². The quantitative estimate of drug-likeness (QED) is 0.665. The zero-order valence-electron chi connectivity index (χ0n) is 10.4. The first kappa shape index (κ1) is 12.9. The van der Waals surface area contributed by atoms with Crippen LogP contribution < -0.4 is 5.32 Å². The van der Waals surface area contributed by atoms with Crippen LogP contribution in [0.1, 0.15) is 33.1 Å². The van der Waals surface area contributed by atoms with Gasteiger partial charge in [0.15, 0.2) is 0 Å². The zero-order chi connectivity index (χ0) is 11.3. The van der Waals surface area contributed by atoms with Crippen molar-refractivity contribution in [2.75, 3.05) is 33.3 Å². The van der Waals surface area contributed by atoms with Crippen molar-refractivity contribution in [3.63, 3.8) is 0 Å². The van der Waals surface area contributed by atoms with Crippen LogP contribution in [0.15, 0.2) is 0 Å². The molecule has 1 fully saturated rings. The Kier molecular flexibility index (Phi) is 5.03. The van der Waals surface area contributed by atoms with Crippen molar-refractivity contribution < 1.29 is 5.11 Å². The molecule has 2 N–H and O–H groups in total. The second-order valence-electron chi connectivity index (χ2n) is 5.09. The van der Waals surface area contributed by atoms with Crippen LogP contribution in [0.5, 0.6) is 0 Å². The molecule has 1 aliphatic rings. The van der Waals surface area contributed by atoms with E-state index in [-0.39, 0.29) is 12.1 Å². The summed E-state index contributed by atoms with van der Waals surface area (Å²) < 4.78 is 0. The smallest absolute Gasteiger partial charge is 0.0623 e. The maximum atomic E-state index is 9.35. The summed E-state index contributed by atoms with van der Waals surface area (Å²) >= 11 is 0. The van der Waals surface area contributed by atoms with Crippen molar-refractivity contribution in [2.24, 2.45) is 5.92 Å². The lowest BCUT2D eigenvalue weighted by molar-refractivity contribution is 0.105. The minimum Gasteiger partial charge on any atom is -0.394 e. The number of hydrogen-bond acceptors (Lipinski definition) is 3. The molecule has 3 nitrogen and oxygen atoms in total. The highest BCUT2D eigenvalue weighted by Gasteiger charge is 2.26. The number of aliphatic hydroxyl groups is 1. The van der Waals surface area contributed by atoms with Crippen LogP contribution in [0, 0.1) is 5.92 Å². The highest BCUT2D eigenvalue weighted by atomic mass is 16.3. The molecule has 1 atom stereocenters. The molecule has 0 spiro atoms. The van der Waals surface area contributed by atoms with Gasteiger partial charge in [0.25, 0.3) is 0 Å². The number of hydrogen-bond donors (Lipinski definition) is 2. The molecule has 1 aliphatic carbocycles. The molecule has 0 heterocycles. The van der Waals surface area contributed by atoms with E-state index in [2.05, 4.69) is 24.1 Å². The fourth-order valence-electron chi connectivity index (χ4n) is 2.05. The minimum absolute atomic E-state index is 0.153. The Bertz CT molecular complexity index is 176. The summed E-state index contributed by atoms with van der Waals surface area (Å²) in [6, 6.07) is 0. The SMILES string of the molecule is CCN(CC1CCC1)CC(C)(CO)NC. The minimum atomic E-state index is -0.153. The van der Waals surface area contributed by atoms with Gasteiger partial charge in [0.2, 0.25) is 0 Å². The summed E-state index contributed by atoms with van der Waals surface area (Å²) in [6.45, 7) is 7.70. The van der Waals surface area contributed by atoms with E-state index in [0.29, 0.717) is 0 Å². The van der Waals surface area contributed by atoms with Crippen molar-refractivity contribution in [3.8, 4) is 0 Å². The maximum absolute atomic E-state index is 9.35. The third kappa shape index (κ3) is 3.74. The van der Waals surface area contributed by atoms with Crippen molar-refractivity contribution in [3.05, 3.63) is 0 Å².